The number of hydrogen-bond acceptors (Lipinski definition) is 5. The molecule has 1 unspecified atom stereocenters. The van der Waals surface area contributed by atoms with Gasteiger partial charge in [-0.05, 0) is 49.4 Å². The van der Waals surface area contributed by atoms with E-state index in [0.717, 1.165) is 46.2 Å². The van der Waals surface area contributed by atoms with Gasteiger partial charge in [-0.25, -0.2) is 4.98 Å². The number of H-pyrrole nitrogens is 1. The third-order valence-electron chi connectivity index (χ3n) is 7.97. The Morgan fingerprint density at radius 1 is 1.17 bits per heavy atom. The van der Waals surface area contributed by atoms with Crippen LogP contribution in [0.3, 0.4) is 0 Å². The highest BCUT2D eigenvalue weighted by molar-refractivity contribution is 6.37. The van der Waals surface area contributed by atoms with E-state index < -0.39 is 18.5 Å². The zero-order valence-electron chi connectivity index (χ0n) is 22.7. The number of piperazine rings is 1. The van der Waals surface area contributed by atoms with Crippen molar-refractivity contribution < 1.29 is 18.0 Å². The maximum Gasteiger partial charge on any atom is 0.397 e. The highest BCUT2D eigenvalue weighted by Crippen LogP contribution is 2.35. The molecule has 6 rings (SSSR count). The molecule has 1 aromatic carbocycles. The number of halogens is 4. The van der Waals surface area contributed by atoms with E-state index in [4.69, 9.17) is 16.6 Å². The minimum absolute atomic E-state index is 0.0186. The second-order valence-electron chi connectivity index (χ2n) is 11.0. The fraction of sp³-hybridized carbons (Fsp3) is 0.448. The number of imidazole rings is 1. The molecule has 1 saturated heterocycles. The molecule has 216 valence electrons. The number of amides is 1. The Morgan fingerprint density at radius 2 is 1.95 bits per heavy atom. The zero-order valence-corrected chi connectivity index (χ0v) is 23.4. The number of pyridine rings is 1. The van der Waals surface area contributed by atoms with Crippen LogP contribution in [0.25, 0.3) is 22.2 Å². The molecule has 2 aliphatic rings. The summed E-state index contributed by atoms with van der Waals surface area (Å²) in [6.07, 6.45) is 2.77. The summed E-state index contributed by atoms with van der Waals surface area (Å²) in [4.78, 5) is 28.1. The number of alkyl halides is 3. The molecule has 12 heteroatoms. The van der Waals surface area contributed by atoms with Crippen molar-refractivity contribution in [3.8, 4) is 11.1 Å². The predicted molar refractivity (Wildman–Crippen MR) is 149 cm³/mol. The molecule has 0 bridgehead atoms. The quantitative estimate of drug-likeness (QED) is 0.290. The van der Waals surface area contributed by atoms with Crippen LogP contribution in [0, 0.1) is 5.92 Å². The molecule has 1 atom stereocenters. The Morgan fingerprint density at radius 3 is 2.68 bits per heavy atom. The summed E-state index contributed by atoms with van der Waals surface area (Å²) in [6, 6.07) is 7.96. The maximum absolute atomic E-state index is 12.6. The van der Waals surface area contributed by atoms with E-state index in [2.05, 4.69) is 26.9 Å². The van der Waals surface area contributed by atoms with Crippen LogP contribution >= 0.6 is 11.6 Å². The lowest BCUT2D eigenvalue weighted by Gasteiger charge is -2.38. The number of aromatic amines is 1. The first kappa shape index (κ1) is 27.7. The van der Waals surface area contributed by atoms with Crippen LogP contribution < -0.4 is 0 Å². The normalized spacial score (nSPS) is 17.3. The van der Waals surface area contributed by atoms with Gasteiger partial charge in [-0.15, -0.1) is 0 Å². The molecular formula is C29H31ClF3N7O. The first-order valence-electron chi connectivity index (χ1n) is 13.9. The van der Waals surface area contributed by atoms with Gasteiger partial charge in [0.05, 0.1) is 16.7 Å². The number of benzene rings is 1. The van der Waals surface area contributed by atoms with Crippen molar-refractivity contribution in [3.63, 3.8) is 0 Å². The van der Waals surface area contributed by atoms with Gasteiger partial charge < -0.3 is 9.88 Å². The van der Waals surface area contributed by atoms with Crippen LogP contribution in [0.15, 0.2) is 42.9 Å². The van der Waals surface area contributed by atoms with E-state index in [0.29, 0.717) is 30.0 Å². The molecular weight excluding hydrogens is 555 g/mol. The molecule has 4 aromatic rings. The summed E-state index contributed by atoms with van der Waals surface area (Å²) in [5, 5.41) is 5.08. The van der Waals surface area contributed by atoms with Crippen molar-refractivity contribution in [3.05, 3.63) is 65.0 Å². The summed E-state index contributed by atoms with van der Waals surface area (Å²) < 4.78 is 39.8. The van der Waals surface area contributed by atoms with E-state index in [1.54, 1.807) is 6.20 Å². The number of carbonyl (C=O) groups is 1. The average molecular weight is 586 g/mol. The minimum Gasteiger partial charge on any atom is -0.342 e. The number of nitrogens with zero attached hydrogens (tertiary/aromatic N) is 6. The van der Waals surface area contributed by atoms with Crippen molar-refractivity contribution in [1.29, 1.82) is 0 Å². The van der Waals surface area contributed by atoms with Crippen LogP contribution in [0.2, 0.25) is 5.02 Å². The molecule has 1 N–H and O–H groups in total. The van der Waals surface area contributed by atoms with Gasteiger partial charge in [0, 0.05) is 74.4 Å². The molecule has 3 aromatic heterocycles. The number of carbonyl (C=O) groups excluding carboxylic acids is 1. The molecule has 1 aliphatic heterocycles. The summed E-state index contributed by atoms with van der Waals surface area (Å²) in [7, 11) is 0. The van der Waals surface area contributed by atoms with Crippen molar-refractivity contribution in [1.82, 2.24) is 34.5 Å². The van der Waals surface area contributed by atoms with Gasteiger partial charge in [-0.2, -0.15) is 18.3 Å². The summed E-state index contributed by atoms with van der Waals surface area (Å²) in [6.45, 7) is 4.57. The first-order chi connectivity index (χ1) is 19.6. The van der Waals surface area contributed by atoms with Crippen LogP contribution in [0.4, 0.5) is 13.2 Å². The molecule has 1 aliphatic carbocycles. The highest BCUT2D eigenvalue weighted by Gasteiger charge is 2.35. The molecule has 8 nitrogen and oxygen atoms in total. The fourth-order valence-electron chi connectivity index (χ4n) is 5.44. The third kappa shape index (κ3) is 6.41. The Bertz CT molecular complexity index is 1550. The minimum atomic E-state index is -4.48. The van der Waals surface area contributed by atoms with E-state index >= 15 is 0 Å². The number of fused-ring (bicyclic) bond motifs is 1. The van der Waals surface area contributed by atoms with Crippen LogP contribution in [-0.2, 0) is 17.8 Å². The fourth-order valence-corrected chi connectivity index (χ4v) is 5.76. The Kier molecular flexibility index (Phi) is 7.50. The molecule has 1 amide bonds. The maximum atomic E-state index is 12.6. The van der Waals surface area contributed by atoms with E-state index in [1.807, 2.05) is 41.3 Å². The second-order valence-corrected chi connectivity index (χ2v) is 11.4. The van der Waals surface area contributed by atoms with Gasteiger partial charge in [-0.1, -0.05) is 17.7 Å². The van der Waals surface area contributed by atoms with Crippen molar-refractivity contribution in [2.75, 3.05) is 26.2 Å². The topological polar surface area (TPSA) is 82.9 Å². The Labute approximate surface area is 240 Å². The average Bonchev–Trinajstić information content (AvgIpc) is 3.46. The molecule has 4 heterocycles. The SMILES string of the molecule is CC(c1ccnc(Cc2nc3c(Cl)c(-c4cnn(CC5CC5)c4)ccc3[nH]2)c1)N1CCN(C(=O)CC(F)(F)F)CC1. The van der Waals surface area contributed by atoms with Gasteiger partial charge in [0.1, 0.15) is 17.8 Å². The van der Waals surface area contributed by atoms with Crippen molar-refractivity contribution in [2.24, 2.45) is 5.92 Å². The number of rotatable bonds is 8. The van der Waals surface area contributed by atoms with Gasteiger partial charge in [-0.3, -0.25) is 19.4 Å². The highest BCUT2D eigenvalue weighted by atomic mass is 35.5. The third-order valence-corrected chi connectivity index (χ3v) is 8.35. The first-order valence-corrected chi connectivity index (χ1v) is 14.2. The molecule has 41 heavy (non-hydrogen) atoms. The summed E-state index contributed by atoms with van der Waals surface area (Å²) in [5.74, 6) is 0.618. The molecule has 2 fully saturated rings. The predicted octanol–water partition coefficient (Wildman–Crippen LogP) is 5.63. The van der Waals surface area contributed by atoms with Gasteiger partial charge in [0.25, 0.3) is 0 Å². The molecule has 1 saturated carbocycles. The van der Waals surface area contributed by atoms with E-state index in [9.17, 15) is 18.0 Å². The summed E-state index contributed by atoms with van der Waals surface area (Å²) in [5.41, 5.74) is 5.30. The van der Waals surface area contributed by atoms with Crippen molar-refractivity contribution in [2.45, 2.75) is 51.4 Å². The van der Waals surface area contributed by atoms with Gasteiger partial charge in [0.15, 0.2) is 0 Å². The van der Waals surface area contributed by atoms with Crippen LogP contribution in [0.5, 0.6) is 0 Å². The monoisotopic (exact) mass is 585 g/mol. The lowest BCUT2D eigenvalue weighted by molar-refractivity contribution is -0.162. The zero-order chi connectivity index (χ0) is 28.7. The van der Waals surface area contributed by atoms with Gasteiger partial charge >= 0.3 is 6.18 Å². The Balaban J connectivity index is 1.12. The smallest absolute Gasteiger partial charge is 0.342 e. The standard InChI is InChI=1S/C29H31ClF3N7O/c1-18(38-8-10-39(11-9-38)26(41)14-29(31,32)33)20-6-7-34-22(12-20)13-25-36-24-5-4-23(27(30)28(24)37-25)21-15-35-40(17-21)16-19-2-3-19/h4-7,12,15,17-19H,2-3,8-11,13-14,16H2,1H3,(H,36,37). The number of nitrogens with one attached hydrogen (secondary N) is 1. The lowest BCUT2D eigenvalue weighted by atomic mass is 10.1. The lowest BCUT2D eigenvalue weighted by Crippen LogP contribution is -2.50. The molecule has 0 spiro atoms. The van der Waals surface area contributed by atoms with E-state index in [-0.39, 0.29) is 19.1 Å². The molecule has 0 radical (unpaired) electrons. The van der Waals surface area contributed by atoms with Crippen LogP contribution in [0.1, 0.15) is 49.3 Å². The Hall–Kier alpha value is -3.44. The van der Waals surface area contributed by atoms with E-state index in [1.165, 1.54) is 17.7 Å². The van der Waals surface area contributed by atoms with Crippen molar-refractivity contribution >= 4 is 28.5 Å². The van der Waals surface area contributed by atoms with Gasteiger partial charge in [0.2, 0.25) is 5.91 Å². The largest absolute Gasteiger partial charge is 0.397 e. The summed E-state index contributed by atoms with van der Waals surface area (Å²) >= 11 is 6.81. The number of hydrogen-bond donors (Lipinski definition) is 1. The van der Waals surface area contributed by atoms with Crippen LogP contribution in [-0.4, -0.2) is 72.8 Å². The number of aromatic nitrogens is 5. The second kappa shape index (κ2) is 11.1.